The summed E-state index contributed by atoms with van der Waals surface area (Å²) in [6.45, 7) is 0.477. The predicted octanol–water partition coefficient (Wildman–Crippen LogP) is -0.156. The first-order chi connectivity index (χ1) is 6.99. The highest BCUT2D eigenvalue weighted by Gasteiger charge is 2.11. The molecule has 0 aliphatic heterocycles. The van der Waals surface area contributed by atoms with E-state index in [1.807, 2.05) is 0 Å². The van der Waals surface area contributed by atoms with Gasteiger partial charge >= 0.3 is 0 Å². The Hall–Kier alpha value is -1.11. The molecule has 0 radical (unpaired) electrons. The van der Waals surface area contributed by atoms with Crippen molar-refractivity contribution in [3.63, 3.8) is 0 Å². The number of rotatable bonds is 4. The lowest BCUT2D eigenvalue weighted by molar-refractivity contribution is 0.408. The van der Waals surface area contributed by atoms with Gasteiger partial charge in [0.15, 0.2) is 0 Å². The summed E-state index contributed by atoms with van der Waals surface area (Å²) < 4.78 is 27.2. The second kappa shape index (κ2) is 4.61. The molecule has 15 heavy (non-hydrogen) atoms. The van der Waals surface area contributed by atoms with E-state index in [9.17, 15) is 8.42 Å². The molecular formula is C9H14N2O3S. The van der Waals surface area contributed by atoms with Gasteiger partial charge in [0.2, 0.25) is 10.0 Å². The third-order valence-corrected chi connectivity index (χ3v) is 2.91. The van der Waals surface area contributed by atoms with Crippen LogP contribution >= 0.6 is 0 Å². The molecule has 0 aliphatic carbocycles. The maximum atomic E-state index is 11.1. The molecule has 84 valence electrons. The quantitative estimate of drug-likeness (QED) is 0.751. The zero-order valence-corrected chi connectivity index (χ0v) is 9.25. The molecule has 0 atom stereocenters. The third kappa shape index (κ3) is 2.92. The van der Waals surface area contributed by atoms with Crippen molar-refractivity contribution in [2.75, 3.05) is 13.7 Å². The van der Waals surface area contributed by atoms with E-state index < -0.39 is 10.0 Å². The minimum Gasteiger partial charge on any atom is -0.496 e. The van der Waals surface area contributed by atoms with Gasteiger partial charge in [-0.05, 0) is 24.6 Å². The molecule has 1 rings (SSSR count). The Bertz CT molecular complexity index is 443. The van der Waals surface area contributed by atoms with Crippen LogP contribution in [0.5, 0.6) is 5.75 Å². The highest BCUT2D eigenvalue weighted by atomic mass is 32.2. The smallest absolute Gasteiger partial charge is 0.238 e. The van der Waals surface area contributed by atoms with Gasteiger partial charge < -0.3 is 10.5 Å². The van der Waals surface area contributed by atoms with Gasteiger partial charge in [-0.1, -0.05) is 6.07 Å². The van der Waals surface area contributed by atoms with Crippen LogP contribution in [0.2, 0.25) is 0 Å². The Morgan fingerprint density at radius 2 is 2.07 bits per heavy atom. The van der Waals surface area contributed by atoms with Crippen molar-refractivity contribution in [2.24, 2.45) is 10.9 Å². The average Bonchev–Trinajstić information content (AvgIpc) is 2.17. The molecule has 0 aromatic heterocycles. The topological polar surface area (TPSA) is 95.4 Å². The lowest BCUT2D eigenvalue weighted by Gasteiger charge is -2.08. The third-order valence-electron chi connectivity index (χ3n) is 2.00. The van der Waals surface area contributed by atoms with Crippen molar-refractivity contribution in [2.45, 2.75) is 11.3 Å². The van der Waals surface area contributed by atoms with Crippen LogP contribution in [0.25, 0.3) is 0 Å². The van der Waals surface area contributed by atoms with Crippen LogP contribution in [0.15, 0.2) is 23.1 Å². The van der Waals surface area contributed by atoms with E-state index >= 15 is 0 Å². The van der Waals surface area contributed by atoms with Crippen LogP contribution in [0.3, 0.4) is 0 Å². The van der Waals surface area contributed by atoms with Gasteiger partial charge in [-0.3, -0.25) is 0 Å². The van der Waals surface area contributed by atoms with Gasteiger partial charge in [-0.2, -0.15) is 0 Å². The molecule has 0 saturated heterocycles. The van der Waals surface area contributed by atoms with Crippen LogP contribution < -0.4 is 15.6 Å². The highest BCUT2D eigenvalue weighted by Crippen LogP contribution is 2.22. The lowest BCUT2D eigenvalue weighted by Crippen LogP contribution is -2.13. The van der Waals surface area contributed by atoms with Crippen molar-refractivity contribution in [1.29, 1.82) is 0 Å². The number of hydrogen-bond acceptors (Lipinski definition) is 4. The van der Waals surface area contributed by atoms with Crippen molar-refractivity contribution in [3.8, 4) is 5.75 Å². The fraction of sp³-hybridized carbons (Fsp3) is 0.333. The molecule has 4 N–H and O–H groups in total. The van der Waals surface area contributed by atoms with E-state index in [1.165, 1.54) is 19.2 Å². The van der Waals surface area contributed by atoms with Crippen molar-refractivity contribution in [3.05, 3.63) is 23.8 Å². The summed E-state index contributed by atoms with van der Waals surface area (Å²) >= 11 is 0. The molecule has 0 aliphatic rings. The van der Waals surface area contributed by atoms with Crippen LogP contribution in [0.1, 0.15) is 5.56 Å². The van der Waals surface area contributed by atoms with Gasteiger partial charge in [0, 0.05) is 6.07 Å². The number of ether oxygens (including phenoxy) is 1. The van der Waals surface area contributed by atoms with Crippen LogP contribution in [0.4, 0.5) is 0 Å². The Kier molecular flexibility index (Phi) is 3.67. The van der Waals surface area contributed by atoms with Crippen molar-refractivity contribution >= 4 is 10.0 Å². The molecule has 0 unspecified atom stereocenters. The van der Waals surface area contributed by atoms with E-state index in [0.29, 0.717) is 18.7 Å². The maximum Gasteiger partial charge on any atom is 0.238 e. The number of benzene rings is 1. The number of primary sulfonamides is 1. The molecule has 1 aromatic rings. The fourth-order valence-corrected chi connectivity index (χ4v) is 1.79. The zero-order valence-electron chi connectivity index (χ0n) is 8.43. The fourth-order valence-electron chi connectivity index (χ4n) is 1.26. The molecule has 6 heteroatoms. The van der Waals surface area contributed by atoms with Crippen molar-refractivity contribution in [1.82, 2.24) is 0 Å². The van der Waals surface area contributed by atoms with Crippen LogP contribution in [0, 0.1) is 0 Å². The summed E-state index contributed by atoms with van der Waals surface area (Å²) in [5.74, 6) is 0.493. The van der Waals surface area contributed by atoms with Gasteiger partial charge in [0.25, 0.3) is 0 Å². The first kappa shape index (κ1) is 12.0. The molecule has 0 heterocycles. The van der Waals surface area contributed by atoms with Gasteiger partial charge in [0.05, 0.1) is 12.0 Å². The lowest BCUT2D eigenvalue weighted by atomic mass is 10.1. The molecule has 5 nitrogen and oxygen atoms in total. The summed E-state index contributed by atoms with van der Waals surface area (Å²) in [4.78, 5) is 0.0418. The van der Waals surface area contributed by atoms with Gasteiger partial charge in [0.1, 0.15) is 5.75 Å². The molecule has 0 bridgehead atoms. The minimum atomic E-state index is -3.68. The van der Waals surface area contributed by atoms with Gasteiger partial charge in [-0.25, -0.2) is 13.6 Å². The monoisotopic (exact) mass is 230 g/mol. The number of sulfonamides is 1. The van der Waals surface area contributed by atoms with E-state index in [2.05, 4.69) is 0 Å². The summed E-state index contributed by atoms with van der Waals surface area (Å²) in [6.07, 6.45) is 0.633. The van der Waals surface area contributed by atoms with E-state index in [4.69, 9.17) is 15.6 Å². The van der Waals surface area contributed by atoms with Gasteiger partial charge in [-0.15, -0.1) is 0 Å². The summed E-state index contributed by atoms with van der Waals surface area (Å²) in [5.41, 5.74) is 6.28. The zero-order chi connectivity index (χ0) is 11.5. The summed E-state index contributed by atoms with van der Waals surface area (Å²) in [6, 6.07) is 4.51. The highest BCUT2D eigenvalue weighted by molar-refractivity contribution is 7.89. The normalized spacial score (nSPS) is 11.4. The largest absolute Gasteiger partial charge is 0.496 e. The molecule has 0 fully saturated rings. The first-order valence-electron chi connectivity index (χ1n) is 4.39. The van der Waals surface area contributed by atoms with Crippen molar-refractivity contribution < 1.29 is 13.2 Å². The van der Waals surface area contributed by atoms with Crippen LogP contribution in [-0.2, 0) is 16.4 Å². The van der Waals surface area contributed by atoms with E-state index in [0.717, 1.165) is 5.56 Å². The Balaban J connectivity index is 3.19. The Labute approximate surface area is 89.1 Å². The molecule has 0 spiro atoms. The number of methoxy groups -OCH3 is 1. The maximum absolute atomic E-state index is 11.1. The van der Waals surface area contributed by atoms with E-state index in [1.54, 1.807) is 6.07 Å². The van der Waals surface area contributed by atoms with Crippen LogP contribution in [-0.4, -0.2) is 22.1 Å². The summed E-state index contributed by atoms with van der Waals surface area (Å²) in [5, 5.41) is 5.00. The second-order valence-electron chi connectivity index (χ2n) is 3.06. The average molecular weight is 230 g/mol. The first-order valence-corrected chi connectivity index (χ1v) is 5.93. The number of hydrogen-bond donors (Lipinski definition) is 2. The second-order valence-corrected chi connectivity index (χ2v) is 4.62. The molecular weight excluding hydrogens is 216 g/mol. The molecule has 0 saturated carbocycles. The standard InChI is InChI=1S/C9H14N2O3S/c1-14-9-6-8(15(11,12)13)3-2-7(9)4-5-10/h2-3,6H,4-5,10H2,1H3,(H2,11,12,13). The Morgan fingerprint density at radius 3 is 2.53 bits per heavy atom. The Morgan fingerprint density at radius 1 is 1.40 bits per heavy atom. The molecule has 0 amide bonds. The van der Waals surface area contributed by atoms with E-state index in [-0.39, 0.29) is 4.90 Å². The molecule has 1 aromatic carbocycles. The minimum absolute atomic E-state index is 0.0418. The summed E-state index contributed by atoms with van der Waals surface area (Å²) in [7, 11) is -2.20. The number of nitrogens with two attached hydrogens (primary N) is 2. The predicted molar refractivity (Wildman–Crippen MR) is 57.1 cm³/mol. The SMILES string of the molecule is COc1cc(S(N)(=O)=O)ccc1CCN.